The van der Waals surface area contributed by atoms with Crippen molar-refractivity contribution < 1.29 is 4.79 Å². The molecule has 0 spiro atoms. The van der Waals surface area contributed by atoms with Crippen LogP contribution in [0.25, 0.3) is 0 Å². The Morgan fingerprint density at radius 1 is 1.05 bits per heavy atom. The molecule has 104 valence electrons. The van der Waals surface area contributed by atoms with Crippen molar-refractivity contribution in [3.05, 3.63) is 60.2 Å². The number of carbonyl (C=O) groups excluding carboxylic acids is 1. The van der Waals surface area contributed by atoms with Crippen LogP contribution in [-0.2, 0) is 10.2 Å². The molecule has 0 atom stereocenters. The fourth-order valence-electron chi connectivity index (χ4n) is 2.25. The largest absolute Gasteiger partial charge is 0.280 e. The summed E-state index contributed by atoms with van der Waals surface area (Å²) in [5.74, 6) is 0.450. The molecule has 0 saturated carbocycles. The van der Waals surface area contributed by atoms with Gasteiger partial charge in [0.25, 0.3) is 0 Å². The summed E-state index contributed by atoms with van der Waals surface area (Å²) >= 11 is 11.7. The highest BCUT2D eigenvalue weighted by Crippen LogP contribution is 2.36. The van der Waals surface area contributed by atoms with Gasteiger partial charge >= 0.3 is 0 Å². The lowest BCUT2D eigenvalue weighted by atomic mass is 9.77. The second kappa shape index (κ2) is 6.82. The van der Waals surface area contributed by atoms with Crippen molar-refractivity contribution in [1.82, 2.24) is 9.97 Å². The standard InChI is InChI=1S/C15H14Cl2N2O/c16-9-5-8-15(14(17)20,12-6-1-3-10-18-12)13-7-2-4-11-19-13/h1-4,6-7,10-11H,5,8-9H2. The number of hydrogen-bond donors (Lipinski definition) is 0. The molecule has 0 fully saturated rings. The van der Waals surface area contributed by atoms with Gasteiger partial charge in [-0.05, 0) is 48.7 Å². The van der Waals surface area contributed by atoms with Crippen molar-refractivity contribution >= 4 is 28.4 Å². The third-order valence-corrected chi connectivity index (χ3v) is 3.82. The molecule has 0 aliphatic carbocycles. The van der Waals surface area contributed by atoms with Gasteiger partial charge in [0.1, 0.15) is 5.41 Å². The summed E-state index contributed by atoms with van der Waals surface area (Å²) in [5, 5.41) is -0.486. The van der Waals surface area contributed by atoms with Crippen LogP contribution < -0.4 is 0 Å². The molecule has 0 saturated heterocycles. The number of aromatic nitrogens is 2. The van der Waals surface area contributed by atoms with Crippen LogP contribution >= 0.6 is 23.2 Å². The summed E-state index contributed by atoms with van der Waals surface area (Å²) < 4.78 is 0. The minimum absolute atomic E-state index is 0.450. The predicted octanol–water partition coefficient (Wildman–Crippen LogP) is 3.55. The Labute approximate surface area is 128 Å². The predicted molar refractivity (Wildman–Crippen MR) is 80.1 cm³/mol. The molecule has 0 aromatic carbocycles. The lowest BCUT2D eigenvalue weighted by molar-refractivity contribution is -0.115. The van der Waals surface area contributed by atoms with Crippen LogP contribution in [0.15, 0.2) is 48.8 Å². The number of alkyl halides is 1. The molecule has 2 aromatic heterocycles. The summed E-state index contributed by atoms with van der Waals surface area (Å²) in [4.78, 5) is 20.8. The molecule has 2 aromatic rings. The first-order valence-corrected chi connectivity index (χ1v) is 7.22. The van der Waals surface area contributed by atoms with Gasteiger partial charge in [-0.3, -0.25) is 14.8 Å². The van der Waals surface area contributed by atoms with Gasteiger partial charge in [0.15, 0.2) is 0 Å². The van der Waals surface area contributed by atoms with E-state index in [0.29, 0.717) is 30.1 Å². The monoisotopic (exact) mass is 308 g/mol. The van der Waals surface area contributed by atoms with E-state index in [-0.39, 0.29) is 0 Å². The third-order valence-electron chi connectivity index (χ3n) is 3.23. The Hall–Kier alpha value is -1.45. The number of pyridine rings is 2. The number of carbonyl (C=O) groups is 1. The van der Waals surface area contributed by atoms with Gasteiger partial charge in [0.2, 0.25) is 5.24 Å². The SMILES string of the molecule is O=C(Cl)C(CCCCl)(c1ccccn1)c1ccccn1. The lowest BCUT2D eigenvalue weighted by Gasteiger charge is -2.28. The molecule has 20 heavy (non-hydrogen) atoms. The molecule has 0 amide bonds. The molecule has 5 heteroatoms. The number of halogens is 2. The van der Waals surface area contributed by atoms with Crippen LogP contribution in [0, 0.1) is 0 Å². The number of hydrogen-bond acceptors (Lipinski definition) is 3. The second-order valence-corrected chi connectivity index (χ2v) is 5.12. The smallest absolute Gasteiger partial charge is 0.239 e. The van der Waals surface area contributed by atoms with E-state index in [1.165, 1.54) is 0 Å². The Kier molecular flexibility index (Phi) is 5.10. The van der Waals surface area contributed by atoms with E-state index >= 15 is 0 Å². The molecule has 3 nitrogen and oxygen atoms in total. The summed E-state index contributed by atoms with van der Waals surface area (Å²) in [5.41, 5.74) is 0.159. The van der Waals surface area contributed by atoms with Gasteiger partial charge < -0.3 is 0 Å². The first-order chi connectivity index (χ1) is 9.71. The number of rotatable bonds is 6. The molecule has 0 aliphatic heterocycles. The van der Waals surface area contributed by atoms with Gasteiger partial charge in [0.05, 0.1) is 11.4 Å². The summed E-state index contributed by atoms with van der Waals surface area (Å²) in [6.45, 7) is 0. The first kappa shape index (κ1) is 14.9. The Balaban J connectivity index is 2.60. The average molecular weight is 309 g/mol. The van der Waals surface area contributed by atoms with E-state index in [1.54, 1.807) is 36.7 Å². The van der Waals surface area contributed by atoms with E-state index in [9.17, 15) is 4.79 Å². The third kappa shape index (κ3) is 2.84. The normalized spacial score (nSPS) is 11.3. The van der Waals surface area contributed by atoms with E-state index in [1.807, 2.05) is 12.1 Å². The lowest BCUT2D eigenvalue weighted by Crippen LogP contribution is -2.36. The van der Waals surface area contributed by atoms with Gasteiger partial charge in [-0.15, -0.1) is 11.6 Å². The maximum Gasteiger partial charge on any atom is 0.239 e. The van der Waals surface area contributed by atoms with Crippen LogP contribution in [0.2, 0.25) is 0 Å². The first-order valence-electron chi connectivity index (χ1n) is 6.30. The highest BCUT2D eigenvalue weighted by atomic mass is 35.5. The highest BCUT2D eigenvalue weighted by Gasteiger charge is 2.43. The maximum atomic E-state index is 12.2. The van der Waals surface area contributed by atoms with Gasteiger partial charge in [-0.1, -0.05) is 12.1 Å². The topological polar surface area (TPSA) is 42.9 Å². The van der Waals surface area contributed by atoms with Crippen molar-refractivity contribution in [3.63, 3.8) is 0 Å². The van der Waals surface area contributed by atoms with Crippen molar-refractivity contribution in [2.24, 2.45) is 0 Å². The van der Waals surface area contributed by atoms with Crippen LogP contribution in [0.3, 0.4) is 0 Å². The van der Waals surface area contributed by atoms with Gasteiger partial charge in [0, 0.05) is 18.3 Å². The summed E-state index contributed by atoms with van der Waals surface area (Å²) in [7, 11) is 0. The number of nitrogens with zero attached hydrogens (tertiary/aromatic N) is 2. The van der Waals surface area contributed by atoms with E-state index < -0.39 is 10.7 Å². The minimum Gasteiger partial charge on any atom is -0.280 e. The van der Waals surface area contributed by atoms with Crippen LogP contribution in [0.4, 0.5) is 0 Å². The molecule has 0 radical (unpaired) electrons. The minimum atomic E-state index is -1.04. The molecule has 2 heterocycles. The molecule has 2 rings (SSSR count). The molecular weight excluding hydrogens is 295 g/mol. The van der Waals surface area contributed by atoms with Crippen molar-refractivity contribution in [2.45, 2.75) is 18.3 Å². The Bertz CT molecular complexity index is 521. The highest BCUT2D eigenvalue weighted by molar-refractivity contribution is 6.66. The molecule has 0 unspecified atom stereocenters. The van der Waals surface area contributed by atoms with Crippen molar-refractivity contribution in [2.75, 3.05) is 5.88 Å². The molecule has 0 aliphatic rings. The Morgan fingerprint density at radius 3 is 1.95 bits per heavy atom. The molecule has 0 bridgehead atoms. The van der Waals surface area contributed by atoms with Crippen molar-refractivity contribution in [1.29, 1.82) is 0 Å². The van der Waals surface area contributed by atoms with Crippen LogP contribution in [0.5, 0.6) is 0 Å². The second-order valence-electron chi connectivity index (χ2n) is 4.40. The summed E-state index contributed by atoms with van der Waals surface area (Å²) in [6.07, 6.45) is 4.42. The van der Waals surface area contributed by atoms with Gasteiger partial charge in [-0.25, -0.2) is 0 Å². The van der Waals surface area contributed by atoms with E-state index in [0.717, 1.165) is 0 Å². The zero-order valence-corrected chi connectivity index (χ0v) is 12.3. The molecule has 0 N–H and O–H groups in total. The van der Waals surface area contributed by atoms with Crippen LogP contribution in [0.1, 0.15) is 24.2 Å². The fraction of sp³-hybridized carbons (Fsp3) is 0.267. The summed E-state index contributed by atoms with van der Waals surface area (Å²) in [6, 6.07) is 10.9. The fourth-order valence-corrected chi connectivity index (χ4v) is 2.67. The van der Waals surface area contributed by atoms with Gasteiger partial charge in [-0.2, -0.15) is 0 Å². The average Bonchev–Trinajstić information content (AvgIpc) is 2.50. The maximum absolute atomic E-state index is 12.2. The van der Waals surface area contributed by atoms with E-state index in [2.05, 4.69) is 9.97 Å². The van der Waals surface area contributed by atoms with Crippen LogP contribution in [-0.4, -0.2) is 21.1 Å². The molecular formula is C15H14Cl2N2O. The zero-order chi connectivity index (χ0) is 14.4. The Morgan fingerprint density at radius 2 is 1.60 bits per heavy atom. The van der Waals surface area contributed by atoms with E-state index in [4.69, 9.17) is 23.2 Å². The zero-order valence-electron chi connectivity index (χ0n) is 10.8. The van der Waals surface area contributed by atoms with Crippen molar-refractivity contribution in [3.8, 4) is 0 Å². The quantitative estimate of drug-likeness (QED) is 0.605.